The number of halogens is 1. The molecule has 0 spiro atoms. The Bertz CT molecular complexity index is 1580. The van der Waals surface area contributed by atoms with Crippen molar-refractivity contribution in [3.05, 3.63) is 101 Å². The lowest BCUT2D eigenvalue weighted by Crippen LogP contribution is -2.19. The highest BCUT2D eigenvalue weighted by Crippen LogP contribution is 2.29. The Labute approximate surface area is 217 Å². The van der Waals surface area contributed by atoms with Crippen LogP contribution in [-0.2, 0) is 10.0 Å². The second kappa shape index (κ2) is 10.7. The molecule has 2 heterocycles. The summed E-state index contributed by atoms with van der Waals surface area (Å²) < 4.78 is 27.8. The van der Waals surface area contributed by atoms with Crippen molar-refractivity contribution in [1.29, 1.82) is 0 Å². The summed E-state index contributed by atoms with van der Waals surface area (Å²) in [6.45, 7) is 1.58. The lowest BCUT2D eigenvalue weighted by atomic mass is 10.1. The van der Waals surface area contributed by atoms with Crippen molar-refractivity contribution in [2.24, 2.45) is 0 Å². The number of benzene rings is 2. The van der Waals surface area contributed by atoms with E-state index < -0.39 is 21.8 Å². The lowest BCUT2D eigenvalue weighted by molar-refractivity contribution is 0.0706. The van der Waals surface area contributed by atoms with E-state index in [1.165, 1.54) is 41.9 Å². The molecule has 0 aliphatic rings. The summed E-state index contributed by atoms with van der Waals surface area (Å²) in [5, 5.41) is 12.0. The molecule has 4 rings (SSSR count). The highest BCUT2D eigenvalue weighted by Gasteiger charge is 2.18. The zero-order valence-corrected chi connectivity index (χ0v) is 20.8. The first-order chi connectivity index (χ1) is 17.7. The van der Waals surface area contributed by atoms with Gasteiger partial charge in [-0.25, -0.2) is 18.9 Å². The van der Waals surface area contributed by atoms with E-state index in [4.69, 9.17) is 16.8 Å². The number of nitrogens with zero attached hydrogens (tertiary/aromatic N) is 2. The molecule has 0 saturated carbocycles. The summed E-state index contributed by atoms with van der Waals surface area (Å²) in [4.78, 5) is 32.7. The number of carbonyl (C=O) groups is 2. The molecular weight excluding hydrogens is 518 g/mol. The first-order valence-electron chi connectivity index (χ1n) is 10.8. The number of aryl methyl sites for hydroxylation is 1. The highest BCUT2D eigenvalue weighted by molar-refractivity contribution is 7.92. The molecule has 2 amide bonds. The van der Waals surface area contributed by atoms with Gasteiger partial charge in [-0.05, 0) is 73.7 Å². The van der Waals surface area contributed by atoms with Crippen molar-refractivity contribution in [2.45, 2.75) is 11.8 Å². The van der Waals surface area contributed by atoms with E-state index in [1.54, 1.807) is 43.5 Å². The maximum Gasteiger partial charge on any atom is 0.274 e. The SMILES string of the molecule is Cc1nc(NS(=O)(=O)c2ccc(C(=O)NO)cc2)ccc1C(=O)Nc1ccc(Cl)c(-c2ccccn2)c1. The third-order valence-corrected chi connectivity index (χ3v) is 6.96. The first kappa shape index (κ1) is 25.8. The summed E-state index contributed by atoms with van der Waals surface area (Å²) in [5.41, 5.74) is 3.91. The van der Waals surface area contributed by atoms with Crippen LogP contribution in [0.5, 0.6) is 0 Å². The second-order valence-electron chi connectivity index (χ2n) is 7.76. The van der Waals surface area contributed by atoms with Gasteiger partial charge in [-0.3, -0.25) is 24.5 Å². The van der Waals surface area contributed by atoms with Gasteiger partial charge in [0, 0.05) is 23.0 Å². The molecule has 188 valence electrons. The second-order valence-corrected chi connectivity index (χ2v) is 9.85. The van der Waals surface area contributed by atoms with E-state index in [2.05, 4.69) is 20.0 Å². The predicted octanol–water partition coefficient (Wildman–Crippen LogP) is 4.28. The summed E-state index contributed by atoms with van der Waals surface area (Å²) >= 11 is 6.31. The van der Waals surface area contributed by atoms with Crippen LogP contribution < -0.4 is 15.5 Å². The monoisotopic (exact) mass is 537 g/mol. The van der Waals surface area contributed by atoms with Crippen LogP contribution in [0, 0.1) is 6.92 Å². The predicted molar refractivity (Wildman–Crippen MR) is 138 cm³/mol. The molecule has 0 saturated heterocycles. The number of anilines is 2. The molecule has 4 aromatic rings. The number of pyridine rings is 2. The van der Waals surface area contributed by atoms with E-state index in [9.17, 15) is 18.0 Å². The number of nitrogens with one attached hydrogen (secondary N) is 3. The van der Waals surface area contributed by atoms with Crippen LogP contribution in [0.1, 0.15) is 26.4 Å². The topological polar surface area (TPSA) is 150 Å². The number of hydrogen-bond donors (Lipinski definition) is 4. The van der Waals surface area contributed by atoms with Crippen LogP contribution in [0.25, 0.3) is 11.3 Å². The van der Waals surface area contributed by atoms with Crippen molar-refractivity contribution in [3.8, 4) is 11.3 Å². The summed E-state index contributed by atoms with van der Waals surface area (Å²) in [7, 11) is -4.02. The van der Waals surface area contributed by atoms with Gasteiger partial charge < -0.3 is 5.32 Å². The van der Waals surface area contributed by atoms with E-state index >= 15 is 0 Å². The van der Waals surface area contributed by atoms with Crippen molar-refractivity contribution in [3.63, 3.8) is 0 Å². The quantitative estimate of drug-likeness (QED) is 0.203. The first-order valence-corrected chi connectivity index (χ1v) is 12.6. The molecule has 2 aromatic heterocycles. The molecule has 12 heteroatoms. The summed E-state index contributed by atoms with van der Waals surface area (Å²) in [5.74, 6) is -1.20. The number of hydroxylamine groups is 1. The molecule has 0 unspecified atom stereocenters. The molecule has 37 heavy (non-hydrogen) atoms. The average molecular weight is 538 g/mol. The van der Waals surface area contributed by atoms with Gasteiger partial charge >= 0.3 is 0 Å². The third-order valence-electron chi connectivity index (χ3n) is 5.26. The van der Waals surface area contributed by atoms with Gasteiger partial charge in [-0.2, -0.15) is 0 Å². The fraction of sp³-hybridized carbons (Fsp3) is 0.0400. The molecule has 0 bridgehead atoms. The Balaban J connectivity index is 1.50. The Morgan fingerprint density at radius 2 is 1.70 bits per heavy atom. The van der Waals surface area contributed by atoms with Crippen LogP contribution in [0.15, 0.2) is 83.9 Å². The Kier molecular flexibility index (Phi) is 7.48. The minimum Gasteiger partial charge on any atom is -0.322 e. The minimum atomic E-state index is -4.02. The van der Waals surface area contributed by atoms with E-state index in [0.29, 0.717) is 27.7 Å². The molecule has 0 fully saturated rings. The fourth-order valence-corrected chi connectivity index (χ4v) is 4.64. The van der Waals surface area contributed by atoms with E-state index in [1.807, 2.05) is 6.07 Å². The maximum atomic E-state index is 12.9. The molecule has 2 aromatic carbocycles. The highest BCUT2D eigenvalue weighted by atomic mass is 35.5. The molecule has 0 aliphatic heterocycles. The number of sulfonamides is 1. The molecule has 4 N–H and O–H groups in total. The average Bonchev–Trinajstić information content (AvgIpc) is 2.89. The van der Waals surface area contributed by atoms with Crippen LogP contribution in [0.4, 0.5) is 11.5 Å². The molecule has 0 aliphatic carbocycles. The zero-order valence-electron chi connectivity index (χ0n) is 19.3. The molecule has 0 atom stereocenters. The van der Waals surface area contributed by atoms with Gasteiger partial charge in [0.2, 0.25) is 0 Å². The minimum absolute atomic E-state index is 0.00941. The molecular formula is C25H20ClN5O5S. The number of hydrogen-bond acceptors (Lipinski definition) is 7. The van der Waals surface area contributed by atoms with Gasteiger partial charge in [0.05, 0.1) is 26.9 Å². The number of rotatable bonds is 7. The van der Waals surface area contributed by atoms with Gasteiger partial charge in [0.15, 0.2) is 0 Å². The summed E-state index contributed by atoms with van der Waals surface area (Å²) in [6, 6.07) is 18.2. The smallest absolute Gasteiger partial charge is 0.274 e. The molecule has 0 radical (unpaired) electrons. The van der Waals surface area contributed by atoms with Gasteiger partial charge in [0.25, 0.3) is 21.8 Å². The van der Waals surface area contributed by atoms with Crippen molar-refractivity contribution < 1.29 is 23.2 Å². The Morgan fingerprint density at radius 3 is 2.35 bits per heavy atom. The van der Waals surface area contributed by atoms with Crippen LogP contribution >= 0.6 is 11.6 Å². The summed E-state index contributed by atoms with van der Waals surface area (Å²) in [6.07, 6.45) is 1.65. The van der Waals surface area contributed by atoms with Crippen molar-refractivity contribution in [2.75, 3.05) is 10.0 Å². The normalized spacial score (nSPS) is 11.0. The fourth-order valence-electron chi connectivity index (χ4n) is 3.42. The maximum absolute atomic E-state index is 12.9. The van der Waals surface area contributed by atoms with Crippen molar-refractivity contribution in [1.82, 2.24) is 15.4 Å². The Hall–Kier alpha value is -4.32. The third kappa shape index (κ3) is 5.92. The van der Waals surface area contributed by atoms with Crippen LogP contribution in [0.2, 0.25) is 5.02 Å². The Morgan fingerprint density at radius 1 is 0.946 bits per heavy atom. The van der Waals surface area contributed by atoms with E-state index in [-0.39, 0.29) is 21.8 Å². The van der Waals surface area contributed by atoms with Gasteiger partial charge in [-0.1, -0.05) is 17.7 Å². The number of carbonyl (C=O) groups excluding carboxylic acids is 2. The number of aromatic nitrogens is 2. The van der Waals surface area contributed by atoms with Gasteiger partial charge in [-0.15, -0.1) is 0 Å². The lowest BCUT2D eigenvalue weighted by Gasteiger charge is -2.12. The number of amides is 2. The largest absolute Gasteiger partial charge is 0.322 e. The zero-order chi connectivity index (χ0) is 26.6. The van der Waals surface area contributed by atoms with Gasteiger partial charge in [0.1, 0.15) is 5.82 Å². The van der Waals surface area contributed by atoms with Crippen molar-refractivity contribution >= 4 is 44.9 Å². The standard InChI is InChI=1S/C25H20ClN5O5S/c1-15-19(25(33)29-17-7-11-21(26)20(14-17)22-4-2-3-13-27-22)10-12-23(28-15)31-37(35,36)18-8-5-16(6-9-18)24(32)30-34/h2-14,34H,1H3,(H,28,31)(H,29,33)(H,30,32). The molecule has 10 nitrogen and oxygen atoms in total. The van der Waals surface area contributed by atoms with Crippen LogP contribution in [0.3, 0.4) is 0 Å². The van der Waals surface area contributed by atoms with E-state index in [0.717, 1.165) is 0 Å². The van der Waals surface area contributed by atoms with Crippen LogP contribution in [-0.4, -0.2) is 35.4 Å².